The Morgan fingerprint density at radius 2 is 1.47 bits per heavy atom. The van der Waals surface area contributed by atoms with Crippen molar-refractivity contribution in [3.05, 3.63) is 0 Å². The first-order valence-electron chi connectivity index (χ1n) is 5.90. The first-order valence-corrected chi connectivity index (χ1v) is 5.90. The van der Waals surface area contributed by atoms with Crippen LogP contribution < -0.4 is 5.32 Å². The number of rotatable bonds is 4. The van der Waals surface area contributed by atoms with Crippen molar-refractivity contribution in [2.24, 2.45) is 0 Å². The Balaban J connectivity index is -0.000000439. The number of methoxy groups -OCH3 is 2. The number of hydrogen-bond donors (Lipinski definition) is 1. The number of nitrogens with one attached hydrogen (secondary N) is 1. The Bertz CT molecular complexity index is 195. The molecule has 17 heavy (non-hydrogen) atoms. The minimum Gasteiger partial charge on any atom is -0.453 e. The number of carbonyl (C=O) groups is 2. The molecule has 0 bridgehead atoms. The average molecular weight is 249 g/mol. The number of ketones is 1. The Labute approximate surface area is 105 Å². The summed E-state index contributed by atoms with van der Waals surface area (Å²) in [5.41, 5.74) is 0. The molecule has 5 heteroatoms. The first kappa shape index (κ1) is 21.2. The molecule has 0 aliphatic rings. The van der Waals surface area contributed by atoms with Crippen molar-refractivity contribution in [1.29, 1.82) is 0 Å². The molecule has 0 aromatic heterocycles. The lowest BCUT2D eigenvalue weighted by Crippen LogP contribution is -2.47. The van der Waals surface area contributed by atoms with Gasteiger partial charge in [0.25, 0.3) is 0 Å². The maximum absolute atomic E-state index is 11.0. The second kappa shape index (κ2) is 14.9. The lowest BCUT2D eigenvalue weighted by atomic mass is 10.1. The molecule has 104 valence electrons. The van der Waals surface area contributed by atoms with Crippen LogP contribution in [0.5, 0.6) is 0 Å². The topological polar surface area (TPSA) is 64.6 Å². The minimum atomic E-state index is -0.655. The summed E-state index contributed by atoms with van der Waals surface area (Å²) < 4.78 is 9.30. The maximum Gasteiger partial charge on any atom is 0.407 e. The van der Waals surface area contributed by atoms with E-state index in [0.717, 1.165) is 0 Å². The summed E-state index contributed by atoms with van der Waals surface area (Å²) in [6.45, 7) is 11.1. The zero-order valence-electron chi connectivity index (χ0n) is 12.3. The van der Waals surface area contributed by atoms with Crippen molar-refractivity contribution in [2.75, 3.05) is 14.2 Å². The molecule has 0 spiro atoms. The van der Waals surface area contributed by atoms with Crippen molar-refractivity contribution in [2.45, 2.75) is 53.7 Å². The van der Waals surface area contributed by atoms with Crippen LogP contribution in [0.15, 0.2) is 0 Å². The Morgan fingerprint density at radius 3 is 1.71 bits per heavy atom. The van der Waals surface area contributed by atoms with Crippen LogP contribution in [0, 0.1) is 0 Å². The summed E-state index contributed by atoms with van der Waals surface area (Å²) in [6, 6.07) is -0.655. The van der Waals surface area contributed by atoms with Crippen LogP contribution in [0.1, 0.15) is 41.5 Å². The minimum absolute atomic E-state index is 0.167. The van der Waals surface area contributed by atoms with E-state index in [0.29, 0.717) is 0 Å². The van der Waals surface area contributed by atoms with Crippen molar-refractivity contribution >= 4 is 11.9 Å². The number of alkyl carbamates (subject to hydrolysis) is 1. The molecular formula is C12H27NO4. The van der Waals surface area contributed by atoms with Gasteiger partial charge in [0.2, 0.25) is 0 Å². The van der Waals surface area contributed by atoms with Gasteiger partial charge in [0.15, 0.2) is 5.78 Å². The van der Waals surface area contributed by atoms with Gasteiger partial charge < -0.3 is 14.8 Å². The standard InChI is InChI=1S/C8H15NO4.2C2H6/c1-5(10)7(6(2)12-3)9-8(11)13-4;2*1-2/h6-7H,1-4H3,(H,9,11);2*1-2H3. The summed E-state index contributed by atoms with van der Waals surface area (Å²) in [4.78, 5) is 21.9. The molecule has 2 unspecified atom stereocenters. The molecule has 0 rings (SSSR count). The van der Waals surface area contributed by atoms with Crippen molar-refractivity contribution < 1.29 is 19.1 Å². The van der Waals surface area contributed by atoms with Crippen LogP contribution >= 0.6 is 0 Å². The summed E-state index contributed by atoms with van der Waals surface area (Å²) in [7, 11) is 2.71. The van der Waals surface area contributed by atoms with E-state index in [1.807, 2.05) is 27.7 Å². The fourth-order valence-electron chi connectivity index (χ4n) is 0.871. The predicted octanol–water partition coefficient (Wildman–Crippen LogP) is 2.39. The van der Waals surface area contributed by atoms with Gasteiger partial charge in [-0.1, -0.05) is 27.7 Å². The molecule has 1 amide bonds. The highest BCUT2D eigenvalue weighted by molar-refractivity contribution is 5.85. The number of ether oxygens (including phenoxy) is 2. The van der Waals surface area contributed by atoms with E-state index in [2.05, 4.69) is 10.1 Å². The summed E-state index contributed by atoms with van der Waals surface area (Å²) >= 11 is 0. The van der Waals surface area contributed by atoms with Gasteiger partial charge in [-0.05, 0) is 13.8 Å². The van der Waals surface area contributed by atoms with E-state index in [4.69, 9.17) is 4.74 Å². The lowest BCUT2D eigenvalue weighted by molar-refractivity contribution is -0.121. The lowest BCUT2D eigenvalue weighted by Gasteiger charge is -2.20. The van der Waals surface area contributed by atoms with E-state index in [-0.39, 0.29) is 11.9 Å². The van der Waals surface area contributed by atoms with Crippen LogP contribution in [-0.4, -0.2) is 38.2 Å². The average Bonchev–Trinajstić information content (AvgIpc) is 2.39. The second-order valence-electron chi connectivity index (χ2n) is 2.67. The van der Waals surface area contributed by atoms with E-state index in [1.165, 1.54) is 21.1 Å². The van der Waals surface area contributed by atoms with Crippen molar-refractivity contribution in [3.63, 3.8) is 0 Å². The van der Waals surface area contributed by atoms with Gasteiger partial charge in [0, 0.05) is 7.11 Å². The number of carbonyl (C=O) groups excluding carboxylic acids is 2. The molecule has 2 atom stereocenters. The zero-order chi connectivity index (χ0) is 14.4. The largest absolute Gasteiger partial charge is 0.453 e. The SMILES string of the molecule is CC.CC.COC(=O)NC(C(C)=O)C(C)OC. The van der Waals surface area contributed by atoms with Crippen LogP contribution in [0.3, 0.4) is 0 Å². The summed E-state index contributed by atoms with van der Waals surface area (Å²) in [5.74, 6) is -0.167. The van der Waals surface area contributed by atoms with Gasteiger partial charge in [0.05, 0.1) is 13.2 Å². The Hall–Kier alpha value is -1.10. The normalized spacial score (nSPS) is 11.8. The van der Waals surface area contributed by atoms with E-state index >= 15 is 0 Å². The Kier molecular flexibility index (Phi) is 18.6. The smallest absolute Gasteiger partial charge is 0.407 e. The molecule has 0 aliphatic carbocycles. The number of hydrogen-bond acceptors (Lipinski definition) is 4. The van der Waals surface area contributed by atoms with Gasteiger partial charge in [0.1, 0.15) is 6.04 Å². The van der Waals surface area contributed by atoms with Crippen molar-refractivity contribution in [1.82, 2.24) is 5.32 Å². The Morgan fingerprint density at radius 1 is 1.06 bits per heavy atom. The molecule has 0 aliphatic heterocycles. The van der Waals surface area contributed by atoms with Gasteiger partial charge in [-0.25, -0.2) is 4.79 Å². The van der Waals surface area contributed by atoms with E-state index in [1.54, 1.807) is 6.92 Å². The highest BCUT2D eigenvalue weighted by atomic mass is 16.5. The van der Waals surface area contributed by atoms with Gasteiger partial charge in [-0.2, -0.15) is 0 Å². The summed E-state index contributed by atoms with van der Waals surface area (Å²) in [5, 5.41) is 2.38. The highest BCUT2D eigenvalue weighted by Crippen LogP contribution is 1.99. The maximum atomic E-state index is 11.0. The van der Waals surface area contributed by atoms with Crippen LogP contribution in [0.4, 0.5) is 4.79 Å². The van der Waals surface area contributed by atoms with E-state index < -0.39 is 12.1 Å². The predicted molar refractivity (Wildman–Crippen MR) is 69.2 cm³/mol. The molecule has 0 radical (unpaired) electrons. The van der Waals surface area contributed by atoms with Crippen LogP contribution in [-0.2, 0) is 14.3 Å². The molecule has 0 fully saturated rings. The van der Waals surface area contributed by atoms with Crippen molar-refractivity contribution in [3.8, 4) is 0 Å². The molecule has 0 heterocycles. The quantitative estimate of drug-likeness (QED) is 0.830. The molecule has 0 saturated heterocycles. The zero-order valence-corrected chi connectivity index (χ0v) is 12.3. The molecule has 5 nitrogen and oxygen atoms in total. The van der Waals surface area contributed by atoms with Gasteiger partial charge in [-0.3, -0.25) is 4.79 Å². The first-order chi connectivity index (χ1) is 8.02. The van der Waals surface area contributed by atoms with Gasteiger partial charge >= 0.3 is 6.09 Å². The fourth-order valence-corrected chi connectivity index (χ4v) is 0.871. The van der Waals surface area contributed by atoms with Gasteiger partial charge in [-0.15, -0.1) is 0 Å². The monoisotopic (exact) mass is 249 g/mol. The van der Waals surface area contributed by atoms with Crippen LogP contribution in [0.2, 0.25) is 0 Å². The number of Topliss-reactive ketones (excluding diaryl/α,β-unsaturated/α-hetero) is 1. The molecule has 0 aromatic carbocycles. The highest BCUT2D eigenvalue weighted by Gasteiger charge is 2.23. The van der Waals surface area contributed by atoms with E-state index in [9.17, 15) is 9.59 Å². The molecule has 1 N–H and O–H groups in total. The molecular weight excluding hydrogens is 222 g/mol. The molecule has 0 aromatic rings. The number of amides is 1. The third kappa shape index (κ3) is 11.2. The third-order valence-corrected chi connectivity index (χ3v) is 1.74. The fraction of sp³-hybridized carbons (Fsp3) is 0.833. The molecule has 0 saturated carbocycles. The summed E-state index contributed by atoms with van der Waals surface area (Å²) in [6.07, 6.45) is -0.999. The van der Waals surface area contributed by atoms with Crippen LogP contribution in [0.25, 0.3) is 0 Å². The third-order valence-electron chi connectivity index (χ3n) is 1.74. The second-order valence-corrected chi connectivity index (χ2v) is 2.67.